The van der Waals surface area contributed by atoms with Gasteiger partial charge in [0.15, 0.2) is 0 Å². The number of nitrogens with one attached hydrogen (secondary N) is 1. The summed E-state index contributed by atoms with van der Waals surface area (Å²) in [5.74, 6) is 1.06. The zero-order valence-electron chi connectivity index (χ0n) is 7.94. The number of nitrogens with zero attached hydrogens (tertiary/aromatic N) is 1. The molecule has 1 saturated heterocycles. The molecule has 0 aromatic rings. The van der Waals surface area contributed by atoms with Gasteiger partial charge in [-0.25, -0.2) is 0 Å². The highest BCUT2D eigenvalue weighted by atomic mass is 35.5. The lowest BCUT2D eigenvalue weighted by atomic mass is 10.1. The third kappa shape index (κ3) is 1.73. The minimum atomic E-state index is 0.575. The lowest BCUT2D eigenvalue weighted by molar-refractivity contribution is 0.582. The van der Waals surface area contributed by atoms with Gasteiger partial charge in [0.1, 0.15) is 5.84 Å². The van der Waals surface area contributed by atoms with Crippen molar-refractivity contribution in [1.82, 2.24) is 5.32 Å². The molecule has 3 heteroatoms. The van der Waals surface area contributed by atoms with E-state index < -0.39 is 0 Å². The Bertz CT molecular complexity index is 268. The first-order valence-electron chi connectivity index (χ1n) is 5.00. The van der Waals surface area contributed by atoms with E-state index in [2.05, 4.69) is 17.2 Å². The Morgan fingerprint density at radius 2 is 2.46 bits per heavy atom. The first-order chi connectivity index (χ1) is 6.31. The first-order valence-corrected chi connectivity index (χ1v) is 5.38. The van der Waals surface area contributed by atoms with Crippen LogP contribution in [-0.4, -0.2) is 18.4 Å². The Morgan fingerprint density at radius 1 is 1.62 bits per heavy atom. The van der Waals surface area contributed by atoms with Crippen molar-refractivity contribution in [1.29, 1.82) is 0 Å². The molecule has 0 saturated carbocycles. The van der Waals surface area contributed by atoms with Crippen LogP contribution in [0.1, 0.15) is 32.6 Å². The van der Waals surface area contributed by atoms with Crippen LogP contribution in [0.2, 0.25) is 0 Å². The third-order valence-electron chi connectivity index (χ3n) is 2.64. The van der Waals surface area contributed by atoms with Gasteiger partial charge in [0.05, 0.1) is 0 Å². The Hall–Kier alpha value is -0.500. The standard InChI is InChI=1S/C10H15ClN2/c1-2-3-7-6-8-9(11)4-5-12-10(8)13-7/h7H,2-6H2,1H3,(H,12,13). The Morgan fingerprint density at radius 3 is 3.15 bits per heavy atom. The number of aliphatic imine (C=N–C) groups is 1. The molecule has 0 aliphatic carbocycles. The quantitative estimate of drug-likeness (QED) is 0.724. The second-order valence-corrected chi connectivity index (χ2v) is 4.15. The Balaban J connectivity index is 2.13. The van der Waals surface area contributed by atoms with Crippen LogP contribution in [0.25, 0.3) is 0 Å². The molecule has 1 fully saturated rings. The number of dihydropyridines is 1. The highest BCUT2D eigenvalue weighted by molar-refractivity contribution is 6.32. The molecular formula is C10H15ClN2. The second-order valence-electron chi connectivity index (χ2n) is 3.70. The van der Waals surface area contributed by atoms with Crippen molar-refractivity contribution in [3.63, 3.8) is 0 Å². The fourth-order valence-corrected chi connectivity index (χ4v) is 2.25. The van der Waals surface area contributed by atoms with Crippen molar-refractivity contribution in [2.75, 3.05) is 6.54 Å². The van der Waals surface area contributed by atoms with E-state index in [-0.39, 0.29) is 0 Å². The van der Waals surface area contributed by atoms with Crippen LogP contribution in [0.4, 0.5) is 0 Å². The van der Waals surface area contributed by atoms with Crippen LogP contribution >= 0.6 is 11.6 Å². The average Bonchev–Trinajstić information content (AvgIpc) is 2.49. The van der Waals surface area contributed by atoms with Crippen LogP contribution in [0.5, 0.6) is 0 Å². The topological polar surface area (TPSA) is 24.4 Å². The molecule has 0 aromatic heterocycles. The Kier molecular flexibility index (Phi) is 2.58. The van der Waals surface area contributed by atoms with Crippen molar-refractivity contribution in [3.05, 3.63) is 10.6 Å². The summed E-state index contributed by atoms with van der Waals surface area (Å²) in [5, 5.41) is 4.46. The van der Waals surface area contributed by atoms with Gasteiger partial charge in [-0.3, -0.25) is 4.99 Å². The summed E-state index contributed by atoms with van der Waals surface area (Å²) in [4.78, 5) is 4.44. The molecule has 13 heavy (non-hydrogen) atoms. The lowest BCUT2D eigenvalue weighted by Crippen LogP contribution is -2.26. The third-order valence-corrected chi connectivity index (χ3v) is 3.06. The van der Waals surface area contributed by atoms with Crippen molar-refractivity contribution in [2.45, 2.75) is 38.6 Å². The van der Waals surface area contributed by atoms with E-state index in [1.807, 2.05) is 0 Å². The van der Waals surface area contributed by atoms with Crippen LogP contribution in [0, 0.1) is 0 Å². The number of hydrogen-bond acceptors (Lipinski definition) is 2. The maximum absolute atomic E-state index is 6.14. The highest BCUT2D eigenvalue weighted by Gasteiger charge is 2.27. The van der Waals surface area contributed by atoms with Gasteiger partial charge in [-0.15, -0.1) is 0 Å². The summed E-state index contributed by atoms with van der Waals surface area (Å²) in [6.07, 6.45) is 4.44. The number of hydrogen-bond donors (Lipinski definition) is 1. The predicted molar refractivity (Wildman–Crippen MR) is 56.2 cm³/mol. The zero-order chi connectivity index (χ0) is 9.26. The largest absolute Gasteiger partial charge is 0.367 e. The van der Waals surface area contributed by atoms with Gasteiger partial charge in [-0.05, 0) is 12.8 Å². The van der Waals surface area contributed by atoms with E-state index in [4.69, 9.17) is 11.6 Å². The zero-order valence-corrected chi connectivity index (χ0v) is 8.69. The number of fused-ring (bicyclic) bond motifs is 1. The maximum atomic E-state index is 6.14. The fourth-order valence-electron chi connectivity index (χ4n) is 1.99. The molecular weight excluding hydrogens is 184 g/mol. The highest BCUT2D eigenvalue weighted by Crippen LogP contribution is 2.28. The summed E-state index contributed by atoms with van der Waals surface area (Å²) in [7, 11) is 0. The van der Waals surface area contributed by atoms with Gasteiger partial charge in [0.25, 0.3) is 0 Å². The summed E-state index contributed by atoms with van der Waals surface area (Å²) in [6, 6.07) is 0.575. The summed E-state index contributed by atoms with van der Waals surface area (Å²) >= 11 is 6.14. The molecule has 2 heterocycles. The molecule has 2 aliphatic rings. The SMILES string of the molecule is CCCC1CC2=C(Cl)CCN=C2N1. The smallest absolute Gasteiger partial charge is 0.125 e. The van der Waals surface area contributed by atoms with Gasteiger partial charge in [0.2, 0.25) is 0 Å². The lowest BCUT2D eigenvalue weighted by Gasteiger charge is -2.09. The average molecular weight is 199 g/mol. The van der Waals surface area contributed by atoms with E-state index in [0.29, 0.717) is 6.04 Å². The molecule has 0 aromatic carbocycles. The number of rotatable bonds is 2. The van der Waals surface area contributed by atoms with Crippen molar-refractivity contribution in [2.24, 2.45) is 4.99 Å². The molecule has 0 amide bonds. The van der Waals surface area contributed by atoms with Crippen LogP contribution in [0.15, 0.2) is 15.6 Å². The molecule has 1 unspecified atom stereocenters. The van der Waals surface area contributed by atoms with Gasteiger partial charge >= 0.3 is 0 Å². The monoisotopic (exact) mass is 198 g/mol. The molecule has 72 valence electrons. The van der Waals surface area contributed by atoms with Crippen molar-refractivity contribution in [3.8, 4) is 0 Å². The number of halogens is 1. The first kappa shape index (κ1) is 9.07. The van der Waals surface area contributed by atoms with Gasteiger partial charge in [-0.1, -0.05) is 24.9 Å². The van der Waals surface area contributed by atoms with Crippen molar-refractivity contribution >= 4 is 17.4 Å². The maximum Gasteiger partial charge on any atom is 0.125 e. The Labute approximate surface area is 84.1 Å². The molecule has 0 radical (unpaired) electrons. The minimum absolute atomic E-state index is 0.575. The van der Waals surface area contributed by atoms with E-state index in [1.165, 1.54) is 18.4 Å². The van der Waals surface area contributed by atoms with Gasteiger partial charge in [-0.2, -0.15) is 0 Å². The molecule has 1 N–H and O–H groups in total. The summed E-state index contributed by atoms with van der Waals surface area (Å²) in [6.45, 7) is 3.06. The van der Waals surface area contributed by atoms with E-state index in [9.17, 15) is 0 Å². The molecule has 2 rings (SSSR count). The van der Waals surface area contributed by atoms with Crippen molar-refractivity contribution < 1.29 is 0 Å². The van der Waals surface area contributed by atoms with Crippen LogP contribution < -0.4 is 5.32 Å². The summed E-state index contributed by atoms with van der Waals surface area (Å²) in [5.41, 5.74) is 1.27. The van der Waals surface area contributed by atoms with E-state index in [0.717, 1.165) is 30.3 Å². The van der Waals surface area contributed by atoms with Gasteiger partial charge < -0.3 is 5.32 Å². The second kappa shape index (κ2) is 3.70. The predicted octanol–water partition coefficient (Wildman–Crippen LogP) is 2.44. The minimum Gasteiger partial charge on any atom is -0.367 e. The number of amidine groups is 1. The summed E-state index contributed by atoms with van der Waals surface area (Å²) < 4.78 is 0. The molecule has 1 atom stereocenters. The molecule has 2 nitrogen and oxygen atoms in total. The van der Waals surface area contributed by atoms with Gasteiger partial charge in [0, 0.05) is 29.6 Å². The molecule has 2 aliphatic heterocycles. The normalized spacial score (nSPS) is 26.9. The van der Waals surface area contributed by atoms with E-state index >= 15 is 0 Å². The fraction of sp³-hybridized carbons (Fsp3) is 0.700. The van der Waals surface area contributed by atoms with Crippen LogP contribution in [-0.2, 0) is 0 Å². The van der Waals surface area contributed by atoms with Crippen LogP contribution in [0.3, 0.4) is 0 Å². The molecule has 0 bridgehead atoms. The van der Waals surface area contributed by atoms with E-state index in [1.54, 1.807) is 0 Å². The molecule has 0 spiro atoms.